The zero-order valence-electron chi connectivity index (χ0n) is 8.85. The van der Waals surface area contributed by atoms with E-state index in [0.29, 0.717) is 16.5 Å². The third-order valence-corrected chi connectivity index (χ3v) is 3.08. The van der Waals surface area contributed by atoms with Gasteiger partial charge in [0.25, 0.3) is 0 Å². The predicted molar refractivity (Wildman–Crippen MR) is 58.1 cm³/mol. The fraction of sp³-hybridized carbons (Fsp3) is 0.400. The first-order chi connectivity index (χ1) is 8.27. The summed E-state index contributed by atoms with van der Waals surface area (Å²) in [6.45, 7) is 0.283. The molecule has 100 valence electrons. The zero-order valence-corrected chi connectivity index (χ0v) is 10.4. The van der Waals surface area contributed by atoms with Gasteiger partial charge in [-0.3, -0.25) is 0 Å². The first kappa shape index (κ1) is 13.4. The molecule has 1 aliphatic rings. The van der Waals surface area contributed by atoms with E-state index in [1.165, 1.54) is 6.07 Å². The van der Waals surface area contributed by atoms with Crippen molar-refractivity contribution >= 4 is 15.9 Å². The highest BCUT2D eigenvalue weighted by molar-refractivity contribution is 9.10. The molecule has 1 heterocycles. The van der Waals surface area contributed by atoms with E-state index >= 15 is 0 Å². The number of fused-ring (bicyclic) bond motifs is 1. The van der Waals surface area contributed by atoms with Crippen LogP contribution in [0.15, 0.2) is 16.6 Å². The van der Waals surface area contributed by atoms with Crippen molar-refractivity contribution in [1.29, 1.82) is 0 Å². The van der Waals surface area contributed by atoms with Gasteiger partial charge in [-0.1, -0.05) is 15.9 Å². The Kier molecular flexibility index (Phi) is 3.18. The molecule has 0 aromatic heterocycles. The van der Waals surface area contributed by atoms with E-state index in [2.05, 4.69) is 25.4 Å². The minimum Gasteiger partial charge on any atom is -0.421 e. The Bertz CT molecular complexity index is 481. The number of rotatable bonds is 2. The van der Waals surface area contributed by atoms with Gasteiger partial charge >= 0.3 is 12.2 Å². The summed E-state index contributed by atoms with van der Waals surface area (Å²) < 4.78 is 60.1. The van der Waals surface area contributed by atoms with Gasteiger partial charge in [-0.25, -0.2) is 0 Å². The Labute approximate surface area is 108 Å². The third-order valence-electron chi connectivity index (χ3n) is 2.34. The van der Waals surface area contributed by atoms with Gasteiger partial charge in [0.05, 0.1) is 0 Å². The molecule has 0 aliphatic carbocycles. The fourth-order valence-electron chi connectivity index (χ4n) is 1.48. The second-order valence-electron chi connectivity index (χ2n) is 3.67. The molecule has 3 nitrogen and oxygen atoms in total. The van der Waals surface area contributed by atoms with E-state index in [0.717, 1.165) is 6.07 Å². The van der Waals surface area contributed by atoms with Crippen LogP contribution in [-0.4, -0.2) is 18.8 Å². The lowest BCUT2D eigenvalue weighted by atomic mass is 10.1. The fourth-order valence-corrected chi connectivity index (χ4v) is 2.00. The van der Waals surface area contributed by atoms with Crippen LogP contribution in [0.2, 0.25) is 0 Å². The van der Waals surface area contributed by atoms with Crippen LogP contribution in [0.3, 0.4) is 0 Å². The number of ether oxygens (including phenoxy) is 2. The lowest BCUT2D eigenvalue weighted by molar-refractivity contribution is -0.391. The van der Waals surface area contributed by atoms with Crippen molar-refractivity contribution in [3.05, 3.63) is 22.2 Å². The van der Waals surface area contributed by atoms with Crippen LogP contribution >= 0.6 is 15.9 Å². The molecule has 0 bridgehead atoms. The number of alkyl halides is 4. The smallest absolute Gasteiger partial charge is 0.421 e. The summed E-state index contributed by atoms with van der Waals surface area (Å²) >= 11 is 3.12. The summed E-state index contributed by atoms with van der Waals surface area (Å²) in [6.07, 6.45) is -9.01. The summed E-state index contributed by atoms with van der Waals surface area (Å²) in [5.74, 6) is -0.879. The van der Waals surface area contributed by atoms with E-state index in [4.69, 9.17) is 5.73 Å². The summed E-state index contributed by atoms with van der Waals surface area (Å²) in [5, 5.41) is 0. The molecule has 1 aliphatic heterocycles. The van der Waals surface area contributed by atoms with Gasteiger partial charge in [-0.05, 0) is 30.7 Å². The summed E-state index contributed by atoms with van der Waals surface area (Å²) in [5.41, 5.74) is 5.91. The number of hydrogen-bond donors (Lipinski definition) is 1. The summed E-state index contributed by atoms with van der Waals surface area (Å²) in [6, 6.07) is 2.36. The molecule has 0 atom stereocenters. The van der Waals surface area contributed by atoms with Crippen LogP contribution in [0.4, 0.5) is 17.6 Å². The van der Waals surface area contributed by atoms with Crippen molar-refractivity contribution in [3.63, 3.8) is 0 Å². The van der Waals surface area contributed by atoms with Crippen LogP contribution in [0.1, 0.15) is 5.56 Å². The highest BCUT2D eigenvalue weighted by Crippen LogP contribution is 2.48. The lowest BCUT2D eigenvalue weighted by Gasteiger charge is -2.32. The number of benzene rings is 1. The first-order valence-electron chi connectivity index (χ1n) is 4.93. The van der Waals surface area contributed by atoms with Crippen molar-refractivity contribution in [3.8, 4) is 11.5 Å². The van der Waals surface area contributed by atoms with E-state index in [1.54, 1.807) is 0 Å². The monoisotopic (exact) mass is 329 g/mol. The maximum Gasteiger partial charge on any atom is 0.507 e. The Hall–Kier alpha value is -1.02. The molecule has 8 heteroatoms. The Balaban J connectivity index is 2.44. The molecule has 18 heavy (non-hydrogen) atoms. The maximum absolute atomic E-state index is 12.9. The normalized spacial score (nSPS) is 19.7. The minimum atomic E-state index is -4.70. The molecule has 2 N–H and O–H groups in total. The molecule has 0 saturated carbocycles. The minimum absolute atomic E-state index is 0.283. The van der Waals surface area contributed by atoms with Crippen LogP contribution < -0.4 is 15.2 Å². The van der Waals surface area contributed by atoms with E-state index in [9.17, 15) is 17.6 Å². The SMILES string of the molecule is NCCc1cc2c(cc1Br)OC(F)(F)C(F)(F)O2. The molecule has 1 aromatic carbocycles. The van der Waals surface area contributed by atoms with Gasteiger partial charge in [-0.2, -0.15) is 17.6 Å². The molecule has 0 spiro atoms. The third kappa shape index (κ3) is 2.14. The van der Waals surface area contributed by atoms with Gasteiger partial charge in [-0.15, -0.1) is 0 Å². The van der Waals surface area contributed by atoms with Gasteiger partial charge in [0.2, 0.25) is 0 Å². The molecule has 0 saturated heterocycles. The molecule has 0 unspecified atom stereocenters. The van der Waals surface area contributed by atoms with Crippen molar-refractivity contribution in [1.82, 2.24) is 0 Å². The van der Waals surface area contributed by atoms with Crippen LogP contribution in [0, 0.1) is 0 Å². The Morgan fingerprint density at radius 3 is 2.06 bits per heavy atom. The molecular weight excluding hydrogens is 322 g/mol. The highest BCUT2D eigenvalue weighted by Gasteiger charge is 2.65. The second kappa shape index (κ2) is 4.27. The number of nitrogens with two attached hydrogens (primary N) is 1. The Morgan fingerprint density at radius 2 is 1.56 bits per heavy atom. The lowest BCUT2D eigenvalue weighted by Crippen LogP contribution is -2.52. The van der Waals surface area contributed by atoms with Crippen LogP contribution in [0.5, 0.6) is 11.5 Å². The van der Waals surface area contributed by atoms with Gasteiger partial charge in [0, 0.05) is 4.47 Å². The predicted octanol–water partition coefficient (Wildman–Crippen LogP) is 2.91. The van der Waals surface area contributed by atoms with Crippen molar-refractivity contribution in [2.45, 2.75) is 18.6 Å². The average molecular weight is 330 g/mol. The maximum atomic E-state index is 12.9. The average Bonchev–Trinajstić information content (AvgIpc) is 2.22. The molecule has 0 amide bonds. The van der Waals surface area contributed by atoms with Gasteiger partial charge in [0.15, 0.2) is 11.5 Å². The van der Waals surface area contributed by atoms with Crippen molar-refractivity contribution in [2.75, 3.05) is 6.54 Å². The zero-order chi connectivity index (χ0) is 13.6. The first-order valence-corrected chi connectivity index (χ1v) is 5.72. The van der Waals surface area contributed by atoms with Crippen molar-refractivity contribution in [2.24, 2.45) is 5.73 Å². The topological polar surface area (TPSA) is 44.5 Å². The Morgan fingerprint density at radius 1 is 1.06 bits per heavy atom. The molecular formula is C10H8BrF4NO2. The largest absolute Gasteiger partial charge is 0.507 e. The van der Waals surface area contributed by atoms with Crippen molar-refractivity contribution < 1.29 is 27.0 Å². The molecule has 0 fully saturated rings. The van der Waals surface area contributed by atoms with E-state index in [-0.39, 0.29) is 6.54 Å². The summed E-state index contributed by atoms with van der Waals surface area (Å²) in [4.78, 5) is 0. The van der Waals surface area contributed by atoms with Crippen LogP contribution in [0.25, 0.3) is 0 Å². The number of hydrogen-bond acceptors (Lipinski definition) is 3. The van der Waals surface area contributed by atoms with Gasteiger partial charge < -0.3 is 15.2 Å². The van der Waals surface area contributed by atoms with E-state index < -0.39 is 23.7 Å². The second-order valence-corrected chi connectivity index (χ2v) is 4.52. The van der Waals surface area contributed by atoms with Gasteiger partial charge in [0.1, 0.15) is 0 Å². The number of halogens is 5. The highest BCUT2D eigenvalue weighted by atomic mass is 79.9. The van der Waals surface area contributed by atoms with E-state index in [1.807, 2.05) is 0 Å². The standard InChI is InChI=1S/C10H8BrF4NO2/c11-6-4-8-7(3-5(6)1-2-16)17-9(12,13)10(14,15)18-8/h3-4H,1-2,16H2. The molecule has 2 rings (SSSR count). The summed E-state index contributed by atoms with van der Waals surface area (Å²) in [7, 11) is 0. The quantitative estimate of drug-likeness (QED) is 0.848. The molecule has 1 aromatic rings. The molecule has 0 radical (unpaired) electrons. The van der Waals surface area contributed by atoms with Crippen LogP contribution in [-0.2, 0) is 6.42 Å².